The van der Waals surface area contributed by atoms with Crippen molar-refractivity contribution in [3.05, 3.63) is 29.6 Å². The van der Waals surface area contributed by atoms with Crippen molar-refractivity contribution in [2.75, 3.05) is 5.32 Å². The maximum atomic E-state index is 13.1. The van der Waals surface area contributed by atoms with Crippen molar-refractivity contribution in [2.45, 2.75) is 0 Å². The molecule has 0 saturated heterocycles. The number of nitrogens with one attached hydrogen (secondary N) is 3. The van der Waals surface area contributed by atoms with E-state index in [0.717, 1.165) is 12.1 Å². The molecule has 15 heavy (non-hydrogen) atoms. The second-order valence-corrected chi connectivity index (χ2v) is 2.78. The molecule has 0 saturated carbocycles. The van der Waals surface area contributed by atoms with Crippen molar-refractivity contribution in [2.24, 2.45) is 0 Å². The van der Waals surface area contributed by atoms with Crippen LogP contribution >= 0.6 is 11.8 Å². The van der Waals surface area contributed by atoms with Gasteiger partial charge in [0.2, 0.25) is 5.96 Å². The van der Waals surface area contributed by atoms with E-state index in [0.29, 0.717) is 0 Å². The van der Waals surface area contributed by atoms with Crippen LogP contribution in [-0.2, 0) is 0 Å². The topological polar surface area (TPSA) is 85.2 Å². The number of hydrogen-bond acceptors (Lipinski definition) is 2. The van der Waals surface area contributed by atoms with Crippen LogP contribution in [0.1, 0.15) is 10.4 Å². The van der Waals surface area contributed by atoms with Crippen molar-refractivity contribution in [1.82, 2.24) is 4.84 Å². The zero-order valence-electron chi connectivity index (χ0n) is 7.34. The van der Waals surface area contributed by atoms with Crippen LogP contribution in [0.2, 0.25) is 0 Å². The summed E-state index contributed by atoms with van der Waals surface area (Å²) in [6.07, 6.45) is 0. The molecular weight excluding hydrogens is 225 g/mol. The first-order valence-electron chi connectivity index (χ1n) is 3.79. The van der Waals surface area contributed by atoms with Crippen LogP contribution in [-0.4, -0.2) is 17.0 Å². The molecule has 0 aliphatic rings. The minimum atomic E-state index is -1.34. The third-order valence-electron chi connectivity index (χ3n) is 1.56. The Morgan fingerprint density at radius 1 is 1.53 bits per heavy atom. The Bertz CT molecular complexity index is 411. The van der Waals surface area contributed by atoms with Crippen LogP contribution in [0.25, 0.3) is 0 Å². The molecule has 4 N–H and O–H groups in total. The highest BCUT2D eigenvalue weighted by Crippen LogP contribution is 2.14. The van der Waals surface area contributed by atoms with E-state index in [2.05, 4.69) is 5.32 Å². The molecule has 0 amide bonds. The summed E-state index contributed by atoms with van der Waals surface area (Å²) in [5.74, 6) is -2.46. The molecule has 7 heteroatoms. The maximum absolute atomic E-state index is 13.1. The van der Waals surface area contributed by atoms with E-state index in [1.54, 1.807) is 0 Å². The van der Waals surface area contributed by atoms with Gasteiger partial charge in [0.05, 0.1) is 5.56 Å². The molecule has 0 aromatic heterocycles. The maximum Gasteiger partial charge on any atom is 0.338 e. The predicted molar refractivity (Wildman–Crippen MR) is 53.7 cm³/mol. The smallest absolute Gasteiger partial charge is 0.338 e. The van der Waals surface area contributed by atoms with Crippen LogP contribution in [0, 0.1) is 11.2 Å². The van der Waals surface area contributed by atoms with Gasteiger partial charge < -0.3 is 10.4 Å². The average Bonchev–Trinajstić information content (AvgIpc) is 2.17. The van der Waals surface area contributed by atoms with Gasteiger partial charge in [0.1, 0.15) is 5.82 Å². The SMILES string of the molecule is N=C(NCl)Nc1ccc(C(=O)O)c(F)c1. The van der Waals surface area contributed by atoms with Crippen LogP contribution in [0.15, 0.2) is 18.2 Å². The van der Waals surface area contributed by atoms with Crippen LogP contribution < -0.4 is 10.2 Å². The normalized spacial score (nSPS) is 9.47. The van der Waals surface area contributed by atoms with Gasteiger partial charge >= 0.3 is 5.97 Å². The van der Waals surface area contributed by atoms with Gasteiger partial charge in [-0.1, -0.05) is 0 Å². The number of anilines is 1. The third kappa shape index (κ3) is 2.81. The second kappa shape index (κ2) is 4.61. The molecule has 5 nitrogen and oxygen atoms in total. The second-order valence-electron chi connectivity index (χ2n) is 2.59. The highest BCUT2D eigenvalue weighted by atomic mass is 35.5. The van der Waals surface area contributed by atoms with Gasteiger partial charge in [-0.05, 0) is 18.2 Å². The van der Waals surface area contributed by atoms with E-state index in [1.165, 1.54) is 6.07 Å². The van der Waals surface area contributed by atoms with Gasteiger partial charge in [0.15, 0.2) is 0 Å². The molecule has 1 rings (SSSR count). The zero-order valence-corrected chi connectivity index (χ0v) is 8.10. The Morgan fingerprint density at radius 2 is 2.20 bits per heavy atom. The molecule has 0 radical (unpaired) electrons. The number of hydrogen-bond donors (Lipinski definition) is 4. The first kappa shape index (κ1) is 11.3. The number of guanidine groups is 1. The highest BCUT2D eigenvalue weighted by Gasteiger charge is 2.10. The van der Waals surface area contributed by atoms with Crippen molar-refractivity contribution in [3.8, 4) is 0 Å². The van der Waals surface area contributed by atoms with Crippen molar-refractivity contribution < 1.29 is 14.3 Å². The first-order valence-corrected chi connectivity index (χ1v) is 4.17. The molecule has 0 heterocycles. The Balaban J connectivity index is 2.91. The van der Waals surface area contributed by atoms with Gasteiger partial charge in [0.25, 0.3) is 0 Å². The number of halogens is 2. The number of rotatable bonds is 2. The Morgan fingerprint density at radius 3 is 2.67 bits per heavy atom. The number of carboxylic acid groups (broad SMARTS) is 1. The fourth-order valence-electron chi connectivity index (χ4n) is 0.934. The average molecular weight is 232 g/mol. The molecule has 1 aromatic rings. The number of aromatic carboxylic acids is 1. The van der Waals surface area contributed by atoms with E-state index in [4.69, 9.17) is 22.3 Å². The van der Waals surface area contributed by atoms with Gasteiger partial charge in [0, 0.05) is 17.5 Å². The van der Waals surface area contributed by atoms with E-state index in [-0.39, 0.29) is 11.6 Å². The Kier molecular flexibility index (Phi) is 3.46. The lowest BCUT2D eigenvalue weighted by atomic mass is 10.2. The molecule has 1 aromatic carbocycles. The predicted octanol–water partition coefficient (Wildman–Crippen LogP) is 1.61. The van der Waals surface area contributed by atoms with Gasteiger partial charge in [-0.3, -0.25) is 10.2 Å². The minimum absolute atomic E-state index is 0.232. The molecular formula is C8H7ClFN3O2. The molecule has 0 unspecified atom stereocenters. The van der Waals surface area contributed by atoms with E-state index in [9.17, 15) is 9.18 Å². The molecule has 0 aliphatic carbocycles. The third-order valence-corrected chi connectivity index (χ3v) is 1.75. The summed E-state index contributed by atoms with van der Waals surface area (Å²) < 4.78 is 13.1. The Hall–Kier alpha value is -1.82. The summed E-state index contributed by atoms with van der Waals surface area (Å²) in [7, 11) is 0. The fourth-order valence-corrected chi connectivity index (χ4v) is 0.982. The minimum Gasteiger partial charge on any atom is -0.478 e. The number of carbonyl (C=O) groups is 1. The standard InChI is InChI=1S/C8H7ClFN3O2/c9-13-8(11)12-4-1-2-5(7(14)15)6(10)3-4/h1-3H,(H,14,15)(H3,11,12,13). The summed E-state index contributed by atoms with van der Waals surface area (Å²) in [5.41, 5.74) is -0.193. The van der Waals surface area contributed by atoms with E-state index < -0.39 is 17.3 Å². The zero-order chi connectivity index (χ0) is 11.4. The van der Waals surface area contributed by atoms with Crippen LogP contribution in [0.4, 0.5) is 10.1 Å². The summed E-state index contributed by atoms with van der Waals surface area (Å²) >= 11 is 5.10. The summed E-state index contributed by atoms with van der Waals surface area (Å²) in [5, 5.41) is 18.0. The number of carboxylic acids is 1. The molecule has 0 aliphatic heterocycles. The van der Waals surface area contributed by atoms with Crippen molar-refractivity contribution >= 4 is 29.4 Å². The summed E-state index contributed by atoms with van der Waals surface area (Å²) in [6.45, 7) is 0. The molecule has 0 fully saturated rings. The quantitative estimate of drug-likeness (QED) is 0.354. The molecule has 80 valence electrons. The van der Waals surface area contributed by atoms with Crippen LogP contribution in [0.3, 0.4) is 0 Å². The van der Waals surface area contributed by atoms with Gasteiger partial charge in [-0.15, -0.1) is 0 Å². The van der Waals surface area contributed by atoms with E-state index in [1.807, 2.05) is 4.84 Å². The van der Waals surface area contributed by atoms with E-state index >= 15 is 0 Å². The first-order chi connectivity index (χ1) is 7.04. The largest absolute Gasteiger partial charge is 0.478 e. The lowest BCUT2D eigenvalue weighted by molar-refractivity contribution is 0.0692. The molecule has 0 spiro atoms. The number of benzene rings is 1. The fraction of sp³-hybridized carbons (Fsp3) is 0. The highest BCUT2D eigenvalue weighted by molar-refractivity contribution is 6.23. The molecule has 0 bridgehead atoms. The summed E-state index contributed by atoms with van der Waals surface area (Å²) in [4.78, 5) is 12.5. The molecule has 0 atom stereocenters. The lowest BCUT2D eigenvalue weighted by Crippen LogP contribution is -2.21. The van der Waals surface area contributed by atoms with Crippen LogP contribution in [0.5, 0.6) is 0 Å². The monoisotopic (exact) mass is 231 g/mol. The van der Waals surface area contributed by atoms with Crippen molar-refractivity contribution in [1.29, 1.82) is 5.41 Å². The van der Waals surface area contributed by atoms with Gasteiger partial charge in [-0.25, -0.2) is 9.18 Å². The lowest BCUT2D eigenvalue weighted by Gasteiger charge is -2.06. The summed E-state index contributed by atoms with van der Waals surface area (Å²) in [6, 6.07) is 3.39. The Labute approximate surface area is 89.5 Å². The van der Waals surface area contributed by atoms with Gasteiger partial charge in [-0.2, -0.15) is 0 Å². The van der Waals surface area contributed by atoms with Crippen molar-refractivity contribution in [3.63, 3.8) is 0 Å².